The van der Waals surface area contributed by atoms with E-state index >= 15 is 0 Å². The molecule has 1 fully saturated rings. The van der Waals surface area contributed by atoms with E-state index in [4.69, 9.17) is 16.2 Å². The Bertz CT molecular complexity index is 324. The van der Waals surface area contributed by atoms with Crippen LogP contribution >= 0.6 is 0 Å². The summed E-state index contributed by atoms with van der Waals surface area (Å²) in [5, 5.41) is 0. The van der Waals surface area contributed by atoms with Gasteiger partial charge in [0, 0.05) is 6.54 Å². The van der Waals surface area contributed by atoms with Crippen LogP contribution in [-0.2, 0) is 9.53 Å². The Morgan fingerprint density at radius 3 is 2.41 bits per heavy atom. The average Bonchev–Trinajstić information content (AvgIpc) is 2.15. The highest BCUT2D eigenvalue weighted by Gasteiger charge is 2.39. The smallest absolute Gasteiger partial charge is 0.410 e. The van der Waals surface area contributed by atoms with Crippen molar-refractivity contribution in [3.63, 3.8) is 0 Å². The van der Waals surface area contributed by atoms with Crippen molar-refractivity contribution in [3.8, 4) is 0 Å². The van der Waals surface area contributed by atoms with Crippen LogP contribution in [0.15, 0.2) is 0 Å². The number of nitrogens with two attached hydrogens (primary N) is 2. The summed E-state index contributed by atoms with van der Waals surface area (Å²) in [4.78, 5) is 24.5. The molecule has 0 bridgehead atoms. The first-order valence-corrected chi connectivity index (χ1v) is 5.71. The molecule has 0 unspecified atom stereocenters. The van der Waals surface area contributed by atoms with Gasteiger partial charge in [0.25, 0.3) is 0 Å². The number of rotatable bonds is 1. The number of nitrogens with zero attached hydrogens (tertiary/aromatic N) is 1. The Kier molecular flexibility index (Phi) is 3.66. The van der Waals surface area contributed by atoms with Gasteiger partial charge in [-0.2, -0.15) is 0 Å². The van der Waals surface area contributed by atoms with E-state index in [0.717, 1.165) is 0 Å². The molecule has 1 aliphatic heterocycles. The van der Waals surface area contributed by atoms with Crippen LogP contribution in [0.25, 0.3) is 0 Å². The zero-order chi connectivity index (χ0) is 13.3. The molecule has 17 heavy (non-hydrogen) atoms. The fraction of sp³-hybridized carbons (Fsp3) is 0.818. The molecular formula is C11H21N3O3. The van der Waals surface area contributed by atoms with Crippen molar-refractivity contribution >= 4 is 12.0 Å². The summed E-state index contributed by atoms with van der Waals surface area (Å²) in [7, 11) is 0. The van der Waals surface area contributed by atoms with Gasteiger partial charge in [-0.3, -0.25) is 4.79 Å². The molecule has 0 saturated carbocycles. The second-order valence-electron chi connectivity index (χ2n) is 5.53. The summed E-state index contributed by atoms with van der Waals surface area (Å²) in [6.07, 6.45) is 0.702. The van der Waals surface area contributed by atoms with Crippen LogP contribution < -0.4 is 11.5 Å². The van der Waals surface area contributed by atoms with E-state index in [2.05, 4.69) is 0 Å². The molecular weight excluding hydrogens is 222 g/mol. The number of hydrogen-bond donors (Lipinski definition) is 2. The zero-order valence-corrected chi connectivity index (χ0v) is 10.7. The molecule has 1 saturated heterocycles. The number of likely N-dealkylation sites (tertiary alicyclic amines) is 1. The van der Waals surface area contributed by atoms with Crippen LogP contribution in [0.3, 0.4) is 0 Å². The topological polar surface area (TPSA) is 98.7 Å². The molecule has 0 spiro atoms. The number of carbonyl (C=O) groups is 2. The minimum atomic E-state index is -1.13. The van der Waals surface area contributed by atoms with Crippen molar-refractivity contribution in [2.24, 2.45) is 11.5 Å². The Labute approximate surface area is 101 Å². The minimum Gasteiger partial charge on any atom is -0.444 e. The van der Waals surface area contributed by atoms with E-state index in [1.165, 1.54) is 4.90 Å². The minimum absolute atomic E-state index is 0.122. The third kappa shape index (κ3) is 3.59. The molecule has 4 N–H and O–H groups in total. The van der Waals surface area contributed by atoms with Crippen LogP contribution in [0.5, 0.6) is 0 Å². The molecule has 0 aromatic carbocycles. The molecule has 0 aromatic heterocycles. The lowest BCUT2D eigenvalue weighted by atomic mass is 9.90. The Hall–Kier alpha value is -1.30. The monoisotopic (exact) mass is 243 g/mol. The number of ether oxygens (including phenoxy) is 1. The number of hydrogen-bond acceptors (Lipinski definition) is 4. The lowest BCUT2D eigenvalue weighted by molar-refractivity contribution is -0.124. The van der Waals surface area contributed by atoms with Crippen molar-refractivity contribution in [3.05, 3.63) is 0 Å². The van der Waals surface area contributed by atoms with E-state index in [9.17, 15) is 9.59 Å². The van der Waals surface area contributed by atoms with Crippen LogP contribution in [0.1, 0.15) is 33.6 Å². The fourth-order valence-electron chi connectivity index (χ4n) is 1.77. The number of carbonyl (C=O) groups excluding carboxylic acids is 2. The summed E-state index contributed by atoms with van der Waals surface area (Å²) in [6.45, 7) is 6.04. The Morgan fingerprint density at radius 2 is 1.94 bits per heavy atom. The first-order chi connectivity index (χ1) is 7.64. The number of amides is 2. The highest BCUT2D eigenvalue weighted by Crippen LogP contribution is 2.20. The first-order valence-electron chi connectivity index (χ1n) is 5.71. The van der Waals surface area contributed by atoms with Crippen molar-refractivity contribution in [2.75, 3.05) is 13.1 Å². The van der Waals surface area contributed by atoms with Gasteiger partial charge >= 0.3 is 6.09 Å². The standard InChI is InChI=1S/C11H21N3O3/c1-10(2,3)17-9(16)14-6-4-5-11(13,7-14)8(12)15/h4-7,13H2,1-3H3,(H2,12,15)/t11-/m1/s1. The van der Waals surface area contributed by atoms with E-state index in [0.29, 0.717) is 19.4 Å². The maximum absolute atomic E-state index is 11.8. The molecule has 1 atom stereocenters. The third-order valence-electron chi connectivity index (χ3n) is 2.67. The van der Waals surface area contributed by atoms with Gasteiger partial charge < -0.3 is 21.1 Å². The number of primary amides is 1. The van der Waals surface area contributed by atoms with E-state index in [1.807, 2.05) is 0 Å². The maximum atomic E-state index is 11.8. The predicted octanol–water partition coefficient (Wildman–Crippen LogP) is 0.200. The van der Waals surface area contributed by atoms with E-state index < -0.39 is 23.1 Å². The van der Waals surface area contributed by atoms with Gasteiger partial charge in [0.1, 0.15) is 11.1 Å². The van der Waals surface area contributed by atoms with Crippen LogP contribution in [0.2, 0.25) is 0 Å². The molecule has 1 aliphatic rings. The molecule has 0 aliphatic carbocycles. The van der Waals surface area contributed by atoms with Crippen molar-refractivity contribution < 1.29 is 14.3 Å². The average molecular weight is 243 g/mol. The van der Waals surface area contributed by atoms with Gasteiger partial charge in [-0.25, -0.2) is 4.79 Å². The van der Waals surface area contributed by atoms with E-state index in [-0.39, 0.29) is 6.54 Å². The molecule has 1 rings (SSSR count). The molecule has 1 heterocycles. The number of piperidine rings is 1. The molecule has 6 nitrogen and oxygen atoms in total. The molecule has 2 amide bonds. The Balaban J connectivity index is 2.67. The summed E-state index contributed by atoms with van der Waals surface area (Å²) in [6, 6.07) is 0. The van der Waals surface area contributed by atoms with E-state index in [1.54, 1.807) is 20.8 Å². The predicted molar refractivity (Wildman–Crippen MR) is 63.2 cm³/mol. The molecule has 98 valence electrons. The molecule has 0 aromatic rings. The zero-order valence-electron chi connectivity index (χ0n) is 10.7. The molecule has 0 radical (unpaired) electrons. The SMILES string of the molecule is CC(C)(C)OC(=O)N1CCC[C@](N)(C(N)=O)C1. The lowest BCUT2D eigenvalue weighted by Gasteiger charge is -2.38. The normalized spacial score (nSPS) is 25.5. The van der Waals surface area contributed by atoms with Gasteiger partial charge in [0.05, 0.1) is 6.54 Å². The van der Waals surface area contributed by atoms with Crippen LogP contribution in [0, 0.1) is 0 Å². The van der Waals surface area contributed by atoms with Gasteiger partial charge in [-0.15, -0.1) is 0 Å². The highest BCUT2D eigenvalue weighted by atomic mass is 16.6. The Morgan fingerprint density at radius 1 is 1.35 bits per heavy atom. The van der Waals surface area contributed by atoms with Gasteiger partial charge in [0.2, 0.25) is 5.91 Å². The van der Waals surface area contributed by atoms with Crippen molar-refractivity contribution in [1.82, 2.24) is 4.90 Å². The maximum Gasteiger partial charge on any atom is 0.410 e. The largest absolute Gasteiger partial charge is 0.444 e. The second-order valence-corrected chi connectivity index (χ2v) is 5.53. The second kappa shape index (κ2) is 4.52. The summed E-state index contributed by atoms with van der Waals surface area (Å²) in [5.74, 6) is -0.578. The fourth-order valence-corrected chi connectivity index (χ4v) is 1.77. The van der Waals surface area contributed by atoms with Gasteiger partial charge in [0.15, 0.2) is 0 Å². The van der Waals surface area contributed by atoms with Crippen molar-refractivity contribution in [2.45, 2.75) is 44.8 Å². The van der Waals surface area contributed by atoms with Gasteiger partial charge in [-0.05, 0) is 33.6 Å². The van der Waals surface area contributed by atoms with Crippen molar-refractivity contribution in [1.29, 1.82) is 0 Å². The quantitative estimate of drug-likeness (QED) is 0.687. The lowest BCUT2D eigenvalue weighted by Crippen LogP contribution is -2.62. The summed E-state index contributed by atoms with van der Waals surface area (Å²) >= 11 is 0. The first kappa shape index (κ1) is 13.8. The van der Waals surface area contributed by atoms with Crippen LogP contribution in [0.4, 0.5) is 4.79 Å². The van der Waals surface area contributed by atoms with Gasteiger partial charge in [-0.1, -0.05) is 0 Å². The third-order valence-corrected chi connectivity index (χ3v) is 2.67. The summed E-state index contributed by atoms with van der Waals surface area (Å²) in [5.41, 5.74) is 9.43. The molecule has 6 heteroatoms. The van der Waals surface area contributed by atoms with Crippen LogP contribution in [-0.4, -0.2) is 41.1 Å². The highest BCUT2D eigenvalue weighted by molar-refractivity contribution is 5.85. The summed E-state index contributed by atoms with van der Waals surface area (Å²) < 4.78 is 5.23.